The van der Waals surface area contributed by atoms with E-state index in [-0.39, 0.29) is 5.02 Å². The number of nitrogens with zero attached hydrogens (tertiary/aromatic N) is 1. The Labute approximate surface area is 120 Å². The van der Waals surface area contributed by atoms with E-state index in [9.17, 15) is 9.50 Å². The molecule has 0 fully saturated rings. The van der Waals surface area contributed by atoms with Crippen LogP contribution in [0.15, 0.2) is 54.7 Å². The lowest BCUT2D eigenvalue weighted by molar-refractivity contribution is 0.221. The second-order valence-electron chi connectivity index (χ2n) is 4.52. The van der Waals surface area contributed by atoms with Crippen molar-refractivity contribution < 1.29 is 9.50 Å². The van der Waals surface area contributed by atoms with Crippen LogP contribution in [0.25, 0.3) is 10.9 Å². The number of rotatable bonds is 2. The monoisotopic (exact) mass is 287 g/mol. The van der Waals surface area contributed by atoms with Gasteiger partial charge < -0.3 is 5.11 Å². The highest BCUT2D eigenvalue weighted by molar-refractivity contribution is 6.30. The van der Waals surface area contributed by atoms with E-state index < -0.39 is 11.9 Å². The molecule has 2 aromatic carbocycles. The van der Waals surface area contributed by atoms with Gasteiger partial charge in [-0.05, 0) is 41.5 Å². The molecule has 0 amide bonds. The summed E-state index contributed by atoms with van der Waals surface area (Å²) in [7, 11) is 0. The lowest BCUT2D eigenvalue weighted by atomic mass is 9.97. The first-order valence-electron chi connectivity index (χ1n) is 6.13. The molecule has 1 N–H and O–H groups in total. The van der Waals surface area contributed by atoms with Crippen molar-refractivity contribution in [1.82, 2.24) is 4.98 Å². The summed E-state index contributed by atoms with van der Waals surface area (Å²) in [5.41, 5.74) is 1.88. The summed E-state index contributed by atoms with van der Waals surface area (Å²) in [5, 5.41) is 11.6. The number of fused-ring (bicyclic) bond motifs is 1. The summed E-state index contributed by atoms with van der Waals surface area (Å²) in [6.45, 7) is 0. The number of hydrogen-bond acceptors (Lipinski definition) is 2. The predicted octanol–water partition coefficient (Wildman–Crippen LogP) is 4.11. The quantitative estimate of drug-likeness (QED) is 0.769. The van der Waals surface area contributed by atoms with E-state index in [1.165, 1.54) is 12.1 Å². The summed E-state index contributed by atoms with van der Waals surface area (Å²) in [6.07, 6.45) is 0.744. The number of pyridine rings is 1. The Balaban J connectivity index is 2.15. The van der Waals surface area contributed by atoms with Crippen LogP contribution < -0.4 is 0 Å². The fraction of sp³-hybridized carbons (Fsp3) is 0.0625. The number of aliphatic hydroxyl groups is 1. The normalized spacial score (nSPS) is 12.6. The van der Waals surface area contributed by atoms with Crippen molar-refractivity contribution in [1.29, 1.82) is 0 Å². The van der Waals surface area contributed by atoms with Gasteiger partial charge in [-0.25, -0.2) is 4.39 Å². The molecule has 1 heterocycles. The first-order chi connectivity index (χ1) is 9.65. The second-order valence-corrected chi connectivity index (χ2v) is 4.96. The van der Waals surface area contributed by atoms with Gasteiger partial charge in [0.1, 0.15) is 11.9 Å². The average molecular weight is 288 g/mol. The van der Waals surface area contributed by atoms with Gasteiger partial charge in [-0.2, -0.15) is 0 Å². The van der Waals surface area contributed by atoms with E-state index in [2.05, 4.69) is 4.98 Å². The maximum atomic E-state index is 13.4. The molecule has 0 aliphatic heterocycles. The Bertz CT molecular complexity index is 750. The Morgan fingerprint density at radius 2 is 1.95 bits per heavy atom. The zero-order valence-corrected chi connectivity index (χ0v) is 11.2. The number of aromatic nitrogens is 1. The second kappa shape index (κ2) is 5.19. The SMILES string of the molecule is OC(c1cc(F)cc(Cl)c1)c1cccc2ncccc12. The van der Waals surface area contributed by atoms with Crippen molar-refractivity contribution in [2.75, 3.05) is 0 Å². The average Bonchev–Trinajstić information content (AvgIpc) is 2.45. The van der Waals surface area contributed by atoms with E-state index in [0.717, 1.165) is 10.9 Å². The number of halogens is 2. The lowest BCUT2D eigenvalue weighted by Crippen LogP contribution is -2.01. The van der Waals surface area contributed by atoms with Gasteiger partial charge in [-0.3, -0.25) is 4.98 Å². The van der Waals surface area contributed by atoms with Gasteiger partial charge in [0.05, 0.1) is 5.52 Å². The molecule has 0 saturated heterocycles. The Kier molecular flexibility index (Phi) is 3.38. The van der Waals surface area contributed by atoms with Gasteiger partial charge in [-0.15, -0.1) is 0 Å². The molecule has 2 nitrogen and oxygen atoms in total. The fourth-order valence-electron chi connectivity index (χ4n) is 2.28. The van der Waals surface area contributed by atoms with Crippen LogP contribution in [0.2, 0.25) is 5.02 Å². The minimum Gasteiger partial charge on any atom is -0.384 e. The van der Waals surface area contributed by atoms with Crippen LogP contribution in [0, 0.1) is 5.82 Å². The smallest absolute Gasteiger partial charge is 0.125 e. The highest BCUT2D eigenvalue weighted by Crippen LogP contribution is 2.29. The standard InChI is InChI=1S/C16H11ClFNO/c17-11-7-10(8-12(18)9-11)16(20)14-3-1-5-15-13(14)4-2-6-19-15/h1-9,16,20H. The summed E-state index contributed by atoms with van der Waals surface area (Å²) in [6, 6.07) is 13.2. The highest BCUT2D eigenvalue weighted by Gasteiger charge is 2.15. The van der Waals surface area contributed by atoms with Crippen molar-refractivity contribution in [2.24, 2.45) is 0 Å². The van der Waals surface area contributed by atoms with Crippen molar-refractivity contribution in [3.63, 3.8) is 0 Å². The molecule has 1 atom stereocenters. The molecule has 4 heteroatoms. The van der Waals surface area contributed by atoms with Gasteiger partial charge in [-0.1, -0.05) is 29.8 Å². The van der Waals surface area contributed by atoms with Crippen LogP contribution in [0.1, 0.15) is 17.2 Å². The molecule has 0 saturated carbocycles. The lowest BCUT2D eigenvalue weighted by Gasteiger charge is -2.14. The van der Waals surface area contributed by atoms with E-state index in [1.807, 2.05) is 18.2 Å². The Morgan fingerprint density at radius 3 is 2.75 bits per heavy atom. The minimum absolute atomic E-state index is 0.261. The van der Waals surface area contributed by atoms with Gasteiger partial charge in [0.2, 0.25) is 0 Å². The molecule has 100 valence electrons. The zero-order chi connectivity index (χ0) is 14.1. The van der Waals surface area contributed by atoms with Crippen LogP contribution >= 0.6 is 11.6 Å². The highest BCUT2D eigenvalue weighted by atomic mass is 35.5. The van der Waals surface area contributed by atoms with Crippen molar-refractivity contribution >= 4 is 22.5 Å². The minimum atomic E-state index is -0.948. The maximum Gasteiger partial charge on any atom is 0.125 e. The van der Waals surface area contributed by atoms with Crippen LogP contribution in [0.4, 0.5) is 4.39 Å². The third-order valence-electron chi connectivity index (χ3n) is 3.17. The van der Waals surface area contributed by atoms with Crippen LogP contribution in [-0.4, -0.2) is 10.1 Å². The molecule has 0 aliphatic carbocycles. The Hall–Kier alpha value is -1.97. The van der Waals surface area contributed by atoms with E-state index >= 15 is 0 Å². The fourth-order valence-corrected chi connectivity index (χ4v) is 2.51. The third-order valence-corrected chi connectivity index (χ3v) is 3.39. The van der Waals surface area contributed by atoms with Gasteiger partial charge in [0, 0.05) is 16.6 Å². The third kappa shape index (κ3) is 2.38. The van der Waals surface area contributed by atoms with E-state index in [4.69, 9.17) is 11.6 Å². The van der Waals surface area contributed by atoms with Crippen LogP contribution in [0.5, 0.6) is 0 Å². The molecule has 0 bridgehead atoms. The Morgan fingerprint density at radius 1 is 1.10 bits per heavy atom. The maximum absolute atomic E-state index is 13.4. The molecule has 0 spiro atoms. The van der Waals surface area contributed by atoms with E-state index in [0.29, 0.717) is 11.1 Å². The largest absolute Gasteiger partial charge is 0.384 e. The van der Waals surface area contributed by atoms with Crippen molar-refractivity contribution in [2.45, 2.75) is 6.10 Å². The molecular weight excluding hydrogens is 277 g/mol. The summed E-state index contributed by atoms with van der Waals surface area (Å²) < 4.78 is 13.4. The van der Waals surface area contributed by atoms with Crippen molar-refractivity contribution in [3.05, 3.63) is 76.7 Å². The molecule has 1 aromatic heterocycles. The summed E-state index contributed by atoms with van der Waals surface area (Å²) in [5.74, 6) is -0.468. The number of benzene rings is 2. The molecule has 0 radical (unpaired) electrons. The predicted molar refractivity (Wildman–Crippen MR) is 77.2 cm³/mol. The first kappa shape index (κ1) is 13.0. The van der Waals surface area contributed by atoms with Gasteiger partial charge in [0.25, 0.3) is 0 Å². The molecule has 1 unspecified atom stereocenters. The molecule has 3 rings (SSSR count). The zero-order valence-electron chi connectivity index (χ0n) is 10.4. The number of aliphatic hydroxyl groups excluding tert-OH is 1. The van der Waals surface area contributed by atoms with Crippen LogP contribution in [0.3, 0.4) is 0 Å². The van der Waals surface area contributed by atoms with Gasteiger partial charge in [0.15, 0.2) is 0 Å². The van der Waals surface area contributed by atoms with Gasteiger partial charge >= 0.3 is 0 Å². The van der Waals surface area contributed by atoms with Crippen LogP contribution in [-0.2, 0) is 0 Å². The topological polar surface area (TPSA) is 33.1 Å². The first-order valence-corrected chi connectivity index (χ1v) is 6.50. The molecular formula is C16H11ClFNO. The van der Waals surface area contributed by atoms with Crippen molar-refractivity contribution in [3.8, 4) is 0 Å². The molecule has 20 heavy (non-hydrogen) atoms. The number of hydrogen-bond donors (Lipinski definition) is 1. The molecule has 0 aliphatic rings. The summed E-state index contributed by atoms with van der Waals surface area (Å²) >= 11 is 5.84. The van der Waals surface area contributed by atoms with E-state index in [1.54, 1.807) is 24.4 Å². The summed E-state index contributed by atoms with van der Waals surface area (Å²) in [4.78, 5) is 4.24. The molecule has 3 aromatic rings.